The number of rotatable bonds is 2. The average Bonchev–Trinajstić information content (AvgIpc) is 1.99. The Kier molecular flexibility index (Phi) is 2.44. The molecule has 0 aromatic rings. The van der Waals surface area contributed by atoms with E-state index in [4.69, 9.17) is 0 Å². The molecule has 2 rings (SSSR count). The van der Waals surface area contributed by atoms with Crippen molar-refractivity contribution in [1.82, 2.24) is 4.90 Å². The summed E-state index contributed by atoms with van der Waals surface area (Å²) in [5.74, 6) is 1.03. The fourth-order valence-corrected chi connectivity index (χ4v) is 2.11. The predicted octanol–water partition coefficient (Wildman–Crippen LogP) is -0.334. The molecule has 0 bridgehead atoms. The minimum Gasteiger partial charge on any atom is -0.346 e. The molecule has 0 atom stereocenters. The Morgan fingerprint density at radius 3 is 2.45 bits per heavy atom. The maximum Gasteiger partial charge on any atom is 0.0758 e. The average molecular weight is 155 g/mol. The van der Waals surface area contributed by atoms with Gasteiger partial charge in [-0.05, 0) is 25.4 Å². The largest absolute Gasteiger partial charge is 0.346 e. The van der Waals surface area contributed by atoms with Gasteiger partial charge < -0.3 is 10.2 Å². The zero-order valence-corrected chi connectivity index (χ0v) is 7.26. The van der Waals surface area contributed by atoms with Crippen LogP contribution in [0.15, 0.2) is 0 Å². The van der Waals surface area contributed by atoms with E-state index in [2.05, 4.69) is 10.2 Å². The van der Waals surface area contributed by atoms with Crippen molar-refractivity contribution in [3.05, 3.63) is 0 Å². The molecule has 64 valence electrons. The van der Waals surface area contributed by atoms with E-state index in [-0.39, 0.29) is 0 Å². The van der Waals surface area contributed by atoms with E-state index < -0.39 is 0 Å². The summed E-state index contributed by atoms with van der Waals surface area (Å²) < 4.78 is 0. The van der Waals surface area contributed by atoms with Gasteiger partial charge in [-0.2, -0.15) is 0 Å². The van der Waals surface area contributed by atoms with Crippen molar-refractivity contribution in [1.29, 1.82) is 0 Å². The van der Waals surface area contributed by atoms with Crippen LogP contribution in [-0.2, 0) is 0 Å². The van der Waals surface area contributed by atoms with Crippen LogP contribution in [0.4, 0.5) is 0 Å². The van der Waals surface area contributed by atoms with Crippen molar-refractivity contribution >= 4 is 0 Å². The van der Waals surface area contributed by atoms with Crippen molar-refractivity contribution in [2.75, 3.05) is 32.7 Å². The molecule has 2 aliphatic heterocycles. The van der Waals surface area contributed by atoms with Crippen LogP contribution >= 0.6 is 0 Å². The van der Waals surface area contributed by atoms with Crippen LogP contribution in [0.25, 0.3) is 0 Å². The summed E-state index contributed by atoms with van der Waals surface area (Å²) in [6.45, 7) is 6.89. The van der Waals surface area contributed by atoms with Gasteiger partial charge >= 0.3 is 0 Å². The van der Waals surface area contributed by atoms with Gasteiger partial charge in [0.1, 0.15) is 0 Å². The number of hydrogen-bond acceptors (Lipinski definition) is 1. The minimum absolute atomic E-state index is 1.03. The molecule has 2 heterocycles. The van der Waals surface area contributed by atoms with Gasteiger partial charge in [0.15, 0.2) is 0 Å². The number of likely N-dealkylation sites (tertiary alicyclic amines) is 1. The smallest absolute Gasteiger partial charge is 0.0758 e. The van der Waals surface area contributed by atoms with Crippen molar-refractivity contribution in [2.45, 2.75) is 19.3 Å². The van der Waals surface area contributed by atoms with E-state index in [1.54, 1.807) is 0 Å². The van der Waals surface area contributed by atoms with Crippen LogP contribution in [0.2, 0.25) is 0 Å². The third kappa shape index (κ3) is 1.94. The number of hydrogen-bond donors (Lipinski definition) is 1. The SMILES string of the molecule is C1CN(CC2CC[NH2+]CC2)C1. The Morgan fingerprint density at radius 1 is 1.18 bits per heavy atom. The van der Waals surface area contributed by atoms with Gasteiger partial charge in [-0.1, -0.05) is 0 Å². The van der Waals surface area contributed by atoms with Crippen molar-refractivity contribution in [3.8, 4) is 0 Å². The summed E-state index contributed by atoms with van der Waals surface area (Å²) in [6.07, 6.45) is 4.35. The minimum atomic E-state index is 1.03. The Morgan fingerprint density at radius 2 is 1.91 bits per heavy atom. The molecule has 2 saturated heterocycles. The van der Waals surface area contributed by atoms with Gasteiger partial charge in [0.2, 0.25) is 0 Å². The maximum atomic E-state index is 2.61. The highest BCUT2D eigenvalue weighted by Gasteiger charge is 2.21. The summed E-state index contributed by atoms with van der Waals surface area (Å²) in [7, 11) is 0. The molecule has 0 aromatic heterocycles. The van der Waals surface area contributed by atoms with E-state index >= 15 is 0 Å². The van der Waals surface area contributed by atoms with Gasteiger partial charge in [0, 0.05) is 19.4 Å². The molecule has 2 N–H and O–H groups in total. The van der Waals surface area contributed by atoms with Gasteiger partial charge in [-0.3, -0.25) is 0 Å². The van der Waals surface area contributed by atoms with Crippen molar-refractivity contribution < 1.29 is 5.32 Å². The van der Waals surface area contributed by atoms with Crippen molar-refractivity contribution in [3.63, 3.8) is 0 Å². The monoisotopic (exact) mass is 155 g/mol. The lowest BCUT2D eigenvalue weighted by Crippen LogP contribution is -2.86. The molecule has 0 amide bonds. The second kappa shape index (κ2) is 3.55. The van der Waals surface area contributed by atoms with Gasteiger partial charge in [-0.25, -0.2) is 0 Å². The zero-order chi connectivity index (χ0) is 7.52. The first-order valence-electron chi connectivity index (χ1n) is 4.99. The number of piperidine rings is 1. The fraction of sp³-hybridized carbons (Fsp3) is 1.00. The highest BCUT2D eigenvalue weighted by molar-refractivity contribution is 4.73. The lowest BCUT2D eigenvalue weighted by molar-refractivity contribution is -0.664. The molecule has 11 heavy (non-hydrogen) atoms. The van der Waals surface area contributed by atoms with Crippen LogP contribution < -0.4 is 5.32 Å². The van der Waals surface area contributed by atoms with Gasteiger partial charge in [-0.15, -0.1) is 0 Å². The molecule has 2 aliphatic rings. The first kappa shape index (κ1) is 7.56. The molecule has 2 nitrogen and oxygen atoms in total. The fourth-order valence-electron chi connectivity index (χ4n) is 2.11. The Hall–Kier alpha value is -0.0800. The summed E-state index contributed by atoms with van der Waals surface area (Å²) in [4.78, 5) is 2.61. The predicted molar refractivity (Wildman–Crippen MR) is 45.4 cm³/mol. The molecule has 0 aliphatic carbocycles. The van der Waals surface area contributed by atoms with Gasteiger partial charge in [0.25, 0.3) is 0 Å². The molecular weight excluding hydrogens is 136 g/mol. The third-order valence-electron chi connectivity index (χ3n) is 3.02. The number of nitrogens with two attached hydrogens (primary N) is 1. The molecular formula is C9H19N2+. The molecule has 0 unspecified atom stereocenters. The lowest BCUT2D eigenvalue weighted by Gasteiger charge is -2.34. The summed E-state index contributed by atoms with van der Waals surface area (Å²) in [6, 6.07) is 0. The normalized spacial score (nSPS) is 28.4. The number of quaternary nitrogens is 1. The second-order valence-electron chi connectivity index (χ2n) is 3.96. The topological polar surface area (TPSA) is 19.9 Å². The van der Waals surface area contributed by atoms with E-state index in [1.807, 2.05) is 0 Å². The van der Waals surface area contributed by atoms with E-state index in [9.17, 15) is 0 Å². The Labute approximate surface area is 69.0 Å². The molecule has 0 spiro atoms. The molecule has 0 radical (unpaired) electrons. The summed E-state index contributed by atoms with van der Waals surface area (Å²) >= 11 is 0. The van der Waals surface area contributed by atoms with Crippen LogP contribution in [0.3, 0.4) is 0 Å². The molecule has 0 aromatic carbocycles. The highest BCUT2D eigenvalue weighted by atomic mass is 15.2. The highest BCUT2D eigenvalue weighted by Crippen LogP contribution is 2.15. The Balaban J connectivity index is 1.67. The van der Waals surface area contributed by atoms with Crippen LogP contribution in [0.5, 0.6) is 0 Å². The van der Waals surface area contributed by atoms with E-state index in [0.717, 1.165) is 5.92 Å². The van der Waals surface area contributed by atoms with Crippen molar-refractivity contribution in [2.24, 2.45) is 5.92 Å². The first-order chi connectivity index (χ1) is 5.45. The van der Waals surface area contributed by atoms with Gasteiger partial charge in [0.05, 0.1) is 13.1 Å². The standard InChI is InChI=1S/C9H18N2/c1-6-11(7-1)8-9-2-4-10-5-3-9/h9-10H,1-8H2/p+1. The summed E-state index contributed by atoms with van der Waals surface area (Å²) in [5.41, 5.74) is 0. The van der Waals surface area contributed by atoms with E-state index in [0.29, 0.717) is 0 Å². The van der Waals surface area contributed by atoms with E-state index in [1.165, 1.54) is 52.0 Å². The number of nitrogens with zero attached hydrogens (tertiary/aromatic N) is 1. The van der Waals surface area contributed by atoms with Crippen LogP contribution in [0.1, 0.15) is 19.3 Å². The zero-order valence-electron chi connectivity index (χ0n) is 7.26. The third-order valence-corrected chi connectivity index (χ3v) is 3.02. The quantitative estimate of drug-likeness (QED) is 0.578. The first-order valence-corrected chi connectivity index (χ1v) is 4.99. The molecule has 2 fully saturated rings. The molecule has 2 heteroatoms. The second-order valence-corrected chi connectivity index (χ2v) is 3.96. The molecule has 0 saturated carbocycles. The van der Waals surface area contributed by atoms with Crippen LogP contribution in [0, 0.1) is 5.92 Å². The lowest BCUT2D eigenvalue weighted by atomic mass is 9.96. The Bertz CT molecular complexity index is 115. The maximum absolute atomic E-state index is 2.61. The summed E-state index contributed by atoms with van der Waals surface area (Å²) in [5, 5.41) is 2.45. The van der Waals surface area contributed by atoms with Crippen LogP contribution in [-0.4, -0.2) is 37.6 Å².